The summed E-state index contributed by atoms with van der Waals surface area (Å²) in [6, 6.07) is 10.7. The Hall–Kier alpha value is -2.53. The molecule has 1 fully saturated rings. The van der Waals surface area contributed by atoms with E-state index in [2.05, 4.69) is 10.3 Å². The number of hydrogen-bond donors (Lipinski definition) is 1. The van der Waals surface area contributed by atoms with Crippen LogP contribution >= 0.6 is 12.2 Å². The van der Waals surface area contributed by atoms with Crippen LogP contribution in [0.4, 0.5) is 5.69 Å². The average molecular weight is 461 g/mol. The molecule has 0 radical (unpaired) electrons. The zero-order valence-corrected chi connectivity index (χ0v) is 19.0. The maximum absolute atomic E-state index is 13.0. The number of nitrogens with zero attached hydrogens (tertiary/aromatic N) is 3. The van der Waals surface area contributed by atoms with Crippen molar-refractivity contribution in [1.29, 1.82) is 0 Å². The van der Waals surface area contributed by atoms with E-state index in [4.69, 9.17) is 21.7 Å². The van der Waals surface area contributed by atoms with Gasteiger partial charge in [-0.25, -0.2) is 13.4 Å². The van der Waals surface area contributed by atoms with Crippen LogP contribution in [0, 0.1) is 0 Å². The van der Waals surface area contributed by atoms with Crippen LogP contribution in [0.5, 0.6) is 5.75 Å². The number of anilines is 1. The largest absolute Gasteiger partial charge is 0.496 e. The molecule has 0 unspecified atom stereocenters. The van der Waals surface area contributed by atoms with E-state index in [9.17, 15) is 8.42 Å². The van der Waals surface area contributed by atoms with E-state index in [1.54, 1.807) is 31.6 Å². The smallest absolute Gasteiger partial charge is 0.243 e. The number of para-hydroxylation sites is 1. The van der Waals surface area contributed by atoms with Gasteiger partial charge in [-0.05, 0) is 30.3 Å². The Labute approximate surface area is 186 Å². The minimum Gasteiger partial charge on any atom is -0.496 e. The molecular formula is C21H24N4O4S2. The lowest BCUT2D eigenvalue weighted by molar-refractivity contribution is 0.0730. The molecule has 1 aliphatic heterocycles. The Morgan fingerprint density at radius 2 is 2.03 bits per heavy atom. The number of aryl methyl sites for hydroxylation is 1. The first-order chi connectivity index (χ1) is 14.9. The van der Waals surface area contributed by atoms with E-state index in [1.807, 2.05) is 29.8 Å². The molecule has 2 heterocycles. The van der Waals surface area contributed by atoms with Crippen molar-refractivity contribution < 1.29 is 17.9 Å². The Morgan fingerprint density at radius 3 is 2.77 bits per heavy atom. The number of thiocarbonyl (C=S) groups is 1. The number of methoxy groups -OCH3 is 1. The first-order valence-corrected chi connectivity index (χ1v) is 11.7. The highest BCUT2D eigenvalue weighted by atomic mass is 32.2. The third-order valence-electron chi connectivity index (χ3n) is 5.24. The summed E-state index contributed by atoms with van der Waals surface area (Å²) in [7, 11) is -0.120. The highest BCUT2D eigenvalue weighted by Gasteiger charge is 2.27. The van der Waals surface area contributed by atoms with Gasteiger partial charge in [0.2, 0.25) is 10.0 Å². The number of fused-ring (bicyclic) bond motifs is 1. The van der Waals surface area contributed by atoms with Crippen LogP contribution in [0.25, 0.3) is 11.0 Å². The van der Waals surface area contributed by atoms with Gasteiger partial charge >= 0.3 is 0 Å². The molecule has 0 atom stereocenters. The second-order valence-corrected chi connectivity index (χ2v) is 9.67. The van der Waals surface area contributed by atoms with Crippen LogP contribution in [0.3, 0.4) is 0 Å². The summed E-state index contributed by atoms with van der Waals surface area (Å²) >= 11 is 5.58. The predicted octanol–water partition coefficient (Wildman–Crippen LogP) is 2.58. The van der Waals surface area contributed by atoms with E-state index < -0.39 is 10.0 Å². The van der Waals surface area contributed by atoms with Gasteiger partial charge < -0.3 is 19.4 Å². The lowest BCUT2D eigenvalue weighted by atomic mass is 10.1. The molecule has 1 aromatic heterocycles. The third-order valence-corrected chi connectivity index (χ3v) is 7.38. The zero-order valence-electron chi connectivity index (χ0n) is 17.4. The quantitative estimate of drug-likeness (QED) is 0.566. The van der Waals surface area contributed by atoms with Crippen molar-refractivity contribution in [2.45, 2.75) is 11.3 Å². The second-order valence-electron chi connectivity index (χ2n) is 7.24. The van der Waals surface area contributed by atoms with Crippen LogP contribution in [0.15, 0.2) is 47.6 Å². The fourth-order valence-corrected chi connectivity index (χ4v) is 5.34. The standard InChI is InChI=1S/C21H24N4O4S2/c1-24-14-22-21-17(4-3-5-18(21)24)23-20(30)13-15-12-16(6-7-19(15)28-2)31(26,27)25-8-10-29-11-9-25/h3-7,12,14H,8-11,13H2,1-2H3,(H,23,30). The minimum absolute atomic E-state index is 0.222. The van der Waals surface area contributed by atoms with Crippen molar-refractivity contribution in [2.75, 3.05) is 38.7 Å². The number of ether oxygens (including phenoxy) is 2. The summed E-state index contributed by atoms with van der Waals surface area (Å²) in [4.78, 5) is 5.19. The van der Waals surface area contributed by atoms with E-state index in [1.165, 1.54) is 4.31 Å². The topological polar surface area (TPSA) is 85.7 Å². The maximum atomic E-state index is 13.0. The summed E-state index contributed by atoms with van der Waals surface area (Å²) in [6.45, 7) is 1.49. The van der Waals surface area contributed by atoms with E-state index in [0.29, 0.717) is 49.0 Å². The molecule has 4 rings (SSSR count). The number of nitrogens with one attached hydrogen (secondary N) is 1. The number of imidazole rings is 1. The van der Waals surface area contributed by atoms with E-state index in [0.717, 1.165) is 16.7 Å². The number of sulfonamides is 1. The number of benzene rings is 2. The van der Waals surface area contributed by atoms with Crippen LogP contribution < -0.4 is 10.1 Å². The van der Waals surface area contributed by atoms with Crippen molar-refractivity contribution in [3.8, 4) is 5.75 Å². The molecule has 1 aliphatic rings. The van der Waals surface area contributed by atoms with Crippen molar-refractivity contribution in [3.63, 3.8) is 0 Å². The Bertz CT molecular complexity index is 1220. The molecule has 0 aliphatic carbocycles. The average Bonchev–Trinajstić information content (AvgIpc) is 3.16. The number of hydrogen-bond acceptors (Lipinski definition) is 6. The zero-order chi connectivity index (χ0) is 22.0. The monoisotopic (exact) mass is 460 g/mol. The van der Waals surface area contributed by atoms with Crippen LogP contribution in [-0.4, -0.2) is 60.7 Å². The molecule has 1 N–H and O–H groups in total. The van der Waals surface area contributed by atoms with Gasteiger partial charge in [0.25, 0.3) is 0 Å². The predicted molar refractivity (Wildman–Crippen MR) is 123 cm³/mol. The van der Waals surface area contributed by atoms with Gasteiger partial charge in [0.15, 0.2) is 0 Å². The van der Waals surface area contributed by atoms with Gasteiger partial charge in [0.1, 0.15) is 11.3 Å². The summed E-state index contributed by atoms with van der Waals surface area (Å²) in [5.41, 5.74) is 3.31. The molecule has 164 valence electrons. The Balaban J connectivity index is 1.58. The first kappa shape index (κ1) is 21.7. The molecule has 0 amide bonds. The highest BCUT2D eigenvalue weighted by molar-refractivity contribution is 7.89. The molecule has 8 nitrogen and oxygen atoms in total. The van der Waals surface area contributed by atoms with Gasteiger partial charge in [-0.3, -0.25) is 0 Å². The van der Waals surface area contributed by atoms with E-state index >= 15 is 0 Å². The van der Waals surface area contributed by atoms with Gasteiger partial charge in [-0.1, -0.05) is 18.3 Å². The molecule has 1 saturated heterocycles. The Kier molecular flexibility index (Phi) is 6.24. The summed E-state index contributed by atoms with van der Waals surface area (Å²) < 4.78 is 40.2. The van der Waals surface area contributed by atoms with Crippen LogP contribution in [-0.2, 0) is 28.2 Å². The minimum atomic E-state index is -3.61. The van der Waals surface area contributed by atoms with Gasteiger partial charge in [-0.15, -0.1) is 0 Å². The molecule has 3 aromatic rings. The number of aromatic nitrogens is 2. The lowest BCUT2D eigenvalue weighted by Crippen LogP contribution is -2.40. The van der Waals surface area contributed by atoms with Gasteiger partial charge in [0, 0.05) is 32.1 Å². The fourth-order valence-electron chi connectivity index (χ4n) is 3.62. The van der Waals surface area contributed by atoms with Gasteiger partial charge in [-0.2, -0.15) is 4.31 Å². The molecule has 0 bridgehead atoms. The summed E-state index contributed by atoms with van der Waals surface area (Å²) in [5, 5.41) is 3.24. The molecular weight excluding hydrogens is 436 g/mol. The van der Waals surface area contributed by atoms with E-state index in [-0.39, 0.29) is 4.90 Å². The fraction of sp³-hybridized carbons (Fsp3) is 0.333. The van der Waals surface area contributed by atoms with Crippen molar-refractivity contribution in [3.05, 3.63) is 48.3 Å². The normalized spacial score (nSPS) is 15.2. The van der Waals surface area contributed by atoms with Crippen molar-refractivity contribution >= 4 is 44.0 Å². The van der Waals surface area contributed by atoms with Crippen LogP contribution in [0.1, 0.15) is 5.56 Å². The first-order valence-electron chi connectivity index (χ1n) is 9.85. The second kappa shape index (κ2) is 8.91. The SMILES string of the molecule is COc1ccc(S(=O)(=O)N2CCOCC2)cc1CC(=S)Nc1cccc2c1ncn2C. The molecule has 31 heavy (non-hydrogen) atoms. The molecule has 2 aromatic carbocycles. The number of morpholine rings is 1. The van der Waals surface area contributed by atoms with Crippen molar-refractivity contribution in [2.24, 2.45) is 7.05 Å². The van der Waals surface area contributed by atoms with Crippen molar-refractivity contribution in [1.82, 2.24) is 13.9 Å². The Morgan fingerprint density at radius 1 is 1.26 bits per heavy atom. The summed E-state index contributed by atoms with van der Waals surface area (Å²) in [5.74, 6) is 0.584. The molecule has 0 spiro atoms. The lowest BCUT2D eigenvalue weighted by Gasteiger charge is -2.26. The van der Waals surface area contributed by atoms with Gasteiger partial charge in [0.05, 0.1) is 47.7 Å². The number of rotatable bonds is 6. The van der Waals surface area contributed by atoms with Crippen LogP contribution in [0.2, 0.25) is 0 Å². The maximum Gasteiger partial charge on any atom is 0.243 e. The third kappa shape index (κ3) is 4.42. The highest BCUT2D eigenvalue weighted by Crippen LogP contribution is 2.27. The summed E-state index contributed by atoms with van der Waals surface area (Å²) in [6.07, 6.45) is 2.08. The molecule has 10 heteroatoms. The molecule has 0 saturated carbocycles.